The number of nitrogens with one attached hydrogen (secondary N) is 1. The molecule has 0 amide bonds. The molecule has 2 aromatic heterocycles. The maximum atomic E-state index is 13.3. The lowest BCUT2D eigenvalue weighted by molar-refractivity contribution is -0.0943. The van der Waals surface area contributed by atoms with Gasteiger partial charge >= 0.3 is 5.97 Å². The summed E-state index contributed by atoms with van der Waals surface area (Å²) in [5.41, 5.74) is 4.50. The highest BCUT2D eigenvalue weighted by molar-refractivity contribution is 5.94. The molecule has 3 aliphatic carbocycles. The van der Waals surface area contributed by atoms with Crippen LogP contribution in [0.2, 0.25) is 0 Å². The number of terminal acetylenes is 1. The Hall–Kier alpha value is -3.59. The average molecular weight is 428 g/mol. The Morgan fingerprint density at radius 1 is 1.28 bits per heavy atom. The molecule has 32 heavy (non-hydrogen) atoms. The molecule has 3 aliphatic rings. The molecular formula is C26H25N3O3. The maximum absolute atomic E-state index is 13.3. The minimum absolute atomic E-state index is 0.00916. The zero-order chi connectivity index (χ0) is 22.8. The van der Waals surface area contributed by atoms with E-state index >= 15 is 0 Å². The Balaban J connectivity index is 1.62. The van der Waals surface area contributed by atoms with Gasteiger partial charge in [-0.15, -0.1) is 6.42 Å². The predicted molar refractivity (Wildman–Crippen MR) is 123 cm³/mol. The number of rotatable bonds is 5. The Kier molecular flexibility index (Phi) is 4.26. The number of hydrogen-bond acceptors (Lipinski definition) is 4. The second-order valence-corrected chi connectivity index (χ2v) is 9.51. The number of para-hydroxylation sites is 1. The first-order valence-electron chi connectivity index (χ1n) is 10.8. The van der Waals surface area contributed by atoms with Crippen LogP contribution in [-0.4, -0.2) is 20.5 Å². The Labute approximate surface area is 186 Å². The van der Waals surface area contributed by atoms with E-state index in [1.807, 2.05) is 33.0 Å². The Morgan fingerprint density at radius 3 is 2.62 bits per heavy atom. The molecule has 1 aromatic carbocycles. The van der Waals surface area contributed by atoms with Gasteiger partial charge in [0.1, 0.15) is 5.65 Å². The van der Waals surface area contributed by atoms with Crippen LogP contribution in [-0.2, 0) is 5.41 Å². The minimum atomic E-state index is -0.993. The van der Waals surface area contributed by atoms with E-state index in [0.29, 0.717) is 16.9 Å². The van der Waals surface area contributed by atoms with Gasteiger partial charge in [-0.1, -0.05) is 18.1 Å². The van der Waals surface area contributed by atoms with E-state index in [4.69, 9.17) is 11.4 Å². The first kappa shape index (κ1) is 20.3. The quantitative estimate of drug-likeness (QED) is 0.595. The summed E-state index contributed by atoms with van der Waals surface area (Å²) in [5, 5.41) is 12.8. The van der Waals surface area contributed by atoms with Crippen molar-refractivity contribution in [1.29, 1.82) is 0 Å². The standard InChI is InChI=1S/C26H25N3O3/c1-5-25-12-26(13-25,14-25)21-16(3)23(30)29-11-15(2)10-19(22(29)28-21)17(4)27-20-9-7-6-8-18(20)24(31)32/h1,6-11,17,27H,12-14H2,2-4H3,(H,31,32)/t17-,25?,26?/m1/s1. The zero-order valence-electron chi connectivity index (χ0n) is 18.4. The van der Waals surface area contributed by atoms with Gasteiger partial charge in [0.25, 0.3) is 5.56 Å². The number of carboxylic acid groups (broad SMARTS) is 1. The molecule has 162 valence electrons. The second kappa shape index (κ2) is 6.70. The van der Waals surface area contributed by atoms with E-state index in [-0.39, 0.29) is 28.0 Å². The van der Waals surface area contributed by atoms with Crippen LogP contribution in [0.25, 0.3) is 5.65 Å². The lowest BCUT2D eigenvalue weighted by atomic mass is 9.34. The van der Waals surface area contributed by atoms with Crippen LogP contribution >= 0.6 is 0 Å². The molecule has 3 aromatic rings. The van der Waals surface area contributed by atoms with E-state index in [1.165, 1.54) is 0 Å². The third kappa shape index (κ3) is 2.77. The van der Waals surface area contributed by atoms with Crippen molar-refractivity contribution < 1.29 is 9.90 Å². The molecule has 6 rings (SSSR count). The second-order valence-electron chi connectivity index (χ2n) is 9.51. The summed E-state index contributed by atoms with van der Waals surface area (Å²) in [6, 6.07) is 8.55. The Bertz CT molecular complexity index is 1380. The van der Waals surface area contributed by atoms with Crippen LogP contribution in [0.4, 0.5) is 5.69 Å². The third-order valence-corrected chi connectivity index (χ3v) is 7.15. The van der Waals surface area contributed by atoms with Crippen LogP contribution in [0.1, 0.15) is 65.0 Å². The summed E-state index contributed by atoms with van der Waals surface area (Å²) in [6.07, 6.45) is 10.2. The van der Waals surface area contributed by atoms with Crippen molar-refractivity contribution in [3.8, 4) is 12.3 Å². The topological polar surface area (TPSA) is 83.7 Å². The van der Waals surface area contributed by atoms with Crippen molar-refractivity contribution in [2.45, 2.75) is 51.5 Å². The summed E-state index contributed by atoms with van der Waals surface area (Å²) < 4.78 is 1.62. The number of pyridine rings is 1. The van der Waals surface area contributed by atoms with Gasteiger partial charge in [0.15, 0.2) is 0 Å². The van der Waals surface area contributed by atoms with E-state index < -0.39 is 5.97 Å². The van der Waals surface area contributed by atoms with E-state index in [1.54, 1.807) is 28.7 Å². The molecule has 2 heterocycles. The highest BCUT2D eigenvalue weighted by Gasteiger charge is 2.69. The highest BCUT2D eigenvalue weighted by Crippen LogP contribution is 2.73. The summed E-state index contributed by atoms with van der Waals surface area (Å²) in [5.74, 6) is 1.93. The van der Waals surface area contributed by atoms with Crippen LogP contribution in [0.5, 0.6) is 0 Å². The molecular weight excluding hydrogens is 402 g/mol. The normalized spacial score (nSPS) is 24.2. The highest BCUT2D eigenvalue weighted by atomic mass is 16.4. The number of fused-ring (bicyclic) bond motifs is 1. The number of anilines is 1. The van der Waals surface area contributed by atoms with Gasteiger partial charge in [-0.05, 0) is 63.8 Å². The molecule has 6 nitrogen and oxygen atoms in total. The number of aromatic nitrogens is 2. The number of nitrogens with zero attached hydrogens (tertiary/aromatic N) is 2. The van der Waals surface area contributed by atoms with Crippen molar-refractivity contribution >= 4 is 17.3 Å². The first-order valence-corrected chi connectivity index (χ1v) is 10.8. The largest absolute Gasteiger partial charge is 0.478 e. The summed E-state index contributed by atoms with van der Waals surface area (Å²) in [4.78, 5) is 30.0. The van der Waals surface area contributed by atoms with Crippen LogP contribution < -0.4 is 10.9 Å². The van der Waals surface area contributed by atoms with Crippen molar-refractivity contribution in [2.75, 3.05) is 5.32 Å². The number of hydrogen-bond donors (Lipinski definition) is 2. The van der Waals surface area contributed by atoms with Gasteiger partial charge in [-0.2, -0.15) is 0 Å². The van der Waals surface area contributed by atoms with Crippen molar-refractivity contribution in [2.24, 2.45) is 5.41 Å². The molecule has 0 unspecified atom stereocenters. The van der Waals surface area contributed by atoms with E-state index in [2.05, 4.69) is 11.2 Å². The fourth-order valence-electron chi connectivity index (χ4n) is 5.63. The average Bonchev–Trinajstić information content (AvgIpc) is 2.70. The number of carboxylic acids is 1. The maximum Gasteiger partial charge on any atom is 0.337 e. The smallest absolute Gasteiger partial charge is 0.337 e. The molecule has 2 bridgehead atoms. The fourth-order valence-corrected chi connectivity index (χ4v) is 5.63. The lowest BCUT2D eigenvalue weighted by Gasteiger charge is -2.68. The summed E-state index contributed by atoms with van der Waals surface area (Å²) in [6.45, 7) is 5.74. The van der Waals surface area contributed by atoms with Gasteiger partial charge in [0.05, 0.1) is 17.3 Å². The number of aromatic carboxylic acids is 1. The molecule has 0 saturated heterocycles. The minimum Gasteiger partial charge on any atom is -0.478 e. The summed E-state index contributed by atoms with van der Waals surface area (Å²) >= 11 is 0. The van der Waals surface area contributed by atoms with Gasteiger partial charge in [-0.3, -0.25) is 9.20 Å². The van der Waals surface area contributed by atoms with Gasteiger partial charge in [0, 0.05) is 33.8 Å². The van der Waals surface area contributed by atoms with Gasteiger partial charge in [0.2, 0.25) is 0 Å². The monoisotopic (exact) mass is 427 g/mol. The SMILES string of the molecule is C#CC12CC(c3nc4c([C@@H](C)Nc5ccccc5C(=O)O)cc(C)cn4c(=O)c3C)(C1)C2. The number of benzene rings is 1. The molecule has 1 atom stereocenters. The molecule has 3 fully saturated rings. The number of aryl methyl sites for hydroxylation is 1. The molecule has 6 heteroatoms. The van der Waals surface area contributed by atoms with Crippen LogP contribution in [0.3, 0.4) is 0 Å². The lowest BCUT2D eigenvalue weighted by Crippen LogP contribution is -2.64. The van der Waals surface area contributed by atoms with E-state index in [0.717, 1.165) is 36.1 Å². The molecule has 0 spiro atoms. The predicted octanol–water partition coefficient (Wildman–Crippen LogP) is 4.24. The van der Waals surface area contributed by atoms with Crippen LogP contribution in [0.15, 0.2) is 41.3 Å². The van der Waals surface area contributed by atoms with Gasteiger partial charge in [-0.25, -0.2) is 9.78 Å². The Morgan fingerprint density at radius 2 is 1.97 bits per heavy atom. The van der Waals surface area contributed by atoms with Crippen molar-refractivity contribution in [1.82, 2.24) is 9.38 Å². The molecule has 3 saturated carbocycles. The fraction of sp³-hybridized carbons (Fsp3) is 0.346. The molecule has 0 radical (unpaired) electrons. The first-order chi connectivity index (χ1) is 15.2. The van der Waals surface area contributed by atoms with Crippen molar-refractivity contribution in [3.63, 3.8) is 0 Å². The number of carbonyl (C=O) groups is 1. The summed E-state index contributed by atoms with van der Waals surface area (Å²) in [7, 11) is 0. The zero-order valence-corrected chi connectivity index (χ0v) is 18.4. The molecule has 0 aliphatic heterocycles. The van der Waals surface area contributed by atoms with Gasteiger partial charge < -0.3 is 10.4 Å². The van der Waals surface area contributed by atoms with E-state index in [9.17, 15) is 14.7 Å². The third-order valence-electron chi connectivity index (χ3n) is 7.15. The van der Waals surface area contributed by atoms with Crippen LogP contribution in [0, 0.1) is 31.6 Å². The molecule has 2 N–H and O–H groups in total. The van der Waals surface area contributed by atoms with Crippen molar-refractivity contribution in [3.05, 3.63) is 74.8 Å².